The fraction of sp³-hybridized carbons (Fsp3) is 1.00. The molecule has 3 atom stereocenters. The van der Waals surface area contributed by atoms with Crippen molar-refractivity contribution in [1.29, 1.82) is 0 Å². The van der Waals surface area contributed by atoms with E-state index in [0.717, 1.165) is 0 Å². The molecule has 0 bridgehead atoms. The summed E-state index contributed by atoms with van der Waals surface area (Å²) in [5.74, 6) is -4.46. The fourth-order valence-corrected chi connectivity index (χ4v) is 2.65. The minimum atomic E-state index is -4.38. The summed E-state index contributed by atoms with van der Waals surface area (Å²) < 4.78 is 75.6. The summed E-state index contributed by atoms with van der Waals surface area (Å²) in [5, 5.41) is 0. The smallest absolute Gasteiger partial charge is 0.171 e. The maximum atomic E-state index is 12.7. The number of halogens is 6. The van der Waals surface area contributed by atoms with Gasteiger partial charge in [0.2, 0.25) is 0 Å². The molecule has 3 unspecified atom stereocenters. The molecular weight excluding hydrogens is 246 g/mol. The zero-order valence-corrected chi connectivity index (χ0v) is 9.70. The second-order valence-corrected chi connectivity index (χ2v) is 5.11. The molecule has 0 saturated heterocycles. The van der Waals surface area contributed by atoms with Gasteiger partial charge in [-0.2, -0.15) is 26.3 Å². The zero-order chi connectivity index (χ0) is 13.4. The van der Waals surface area contributed by atoms with Gasteiger partial charge in [0.05, 0.1) is 11.8 Å². The molecule has 0 heterocycles. The van der Waals surface area contributed by atoms with Crippen LogP contribution in [0.4, 0.5) is 26.3 Å². The van der Waals surface area contributed by atoms with Gasteiger partial charge < -0.3 is 0 Å². The lowest BCUT2D eigenvalue weighted by molar-refractivity contribution is -0.231. The lowest BCUT2D eigenvalue weighted by Crippen LogP contribution is -2.41. The summed E-state index contributed by atoms with van der Waals surface area (Å²) in [5.41, 5.74) is 0. The molecule has 17 heavy (non-hydrogen) atoms. The summed E-state index contributed by atoms with van der Waals surface area (Å²) in [6.07, 6.45) is -9.96. The van der Waals surface area contributed by atoms with Crippen molar-refractivity contribution >= 4 is 0 Å². The average molecular weight is 262 g/mol. The Bertz CT molecular complexity index is 252. The molecule has 0 aromatic rings. The molecule has 0 aromatic heterocycles. The standard InChI is InChI=1S/C11H16F6/c1-6(2)8-5-7(10(12,13)14)3-4-9(8)11(15,16)17/h6-9H,3-5H2,1-2H3. The van der Waals surface area contributed by atoms with E-state index in [-0.39, 0.29) is 5.92 Å². The van der Waals surface area contributed by atoms with E-state index in [1.54, 1.807) is 13.8 Å². The van der Waals surface area contributed by atoms with Gasteiger partial charge in [0, 0.05) is 0 Å². The van der Waals surface area contributed by atoms with E-state index in [2.05, 4.69) is 0 Å². The Morgan fingerprint density at radius 1 is 0.882 bits per heavy atom. The van der Waals surface area contributed by atoms with Crippen LogP contribution in [0.5, 0.6) is 0 Å². The zero-order valence-electron chi connectivity index (χ0n) is 9.70. The molecule has 0 aromatic carbocycles. The Morgan fingerprint density at radius 2 is 1.41 bits per heavy atom. The van der Waals surface area contributed by atoms with Gasteiger partial charge in [-0.15, -0.1) is 0 Å². The van der Waals surface area contributed by atoms with Crippen molar-refractivity contribution in [3.63, 3.8) is 0 Å². The van der Waals surface area contributed by atoms with E-state index in [9.17, 15) is 26.3 Å². The number of hydrogen-bond acceptors (Lipinski definition) is 0. The van der Waals surface area contributed by atoms with E-state index in [1.165, 1.54) is 0 Å². The fourth-order valence-electron chi connectivity index (χ4n) is 2.65. The topological polar surface area (TPSA) is 0 Å². The van der Waals surface area contributed by atoms with E-state index >= 15 is 0 Å². The maximum Gasteiger partial charge on any atom is 0.392 e. The van der Waals surface area contributed by atoms with Gasteiger partial charge in [0.15, 0.2) is 0 Å². The Labute approximate surface area is 96.4 Å². The predicted molar refractivity (Wildman–Crippen MR) is 51.3 cm³/mol. The molecular formula is C11H16F6. The highest BCUT2D eigenvalue weighted by molar-refractivity contribution is 4.88. The number of alkyl halides is 6. The predicted octanol–water partition coefficient (Wildman–Crippen LogP) is 4.80. The molecule has 1 rings (SSSR count). The van der Waals surface area contributed by atoms with Crippen LogP contribution in [0.3, 0.4) is 0 Å². The Hall–Kier alpha value is -0.420. The molecule has 1 aliphatic carbocycles. The van der Waals surface area contributed by atoms with E-state index < -0.39 is 49.4 Å². The van der Waals surface area contributed by atoms with Crippen LogP contribution in [0, 0.1) is 23.7 Å². The highest BCUT2D eigenvalue weighted by Crippen LogP contribution is 2.49. The quantitative estimate of drug-likeness (QED) is 0.595. The van der Waals surface area contributed by atoms with Crippen molar-refractivity contribution in [2.75, 3.05) is 0 Å². The van der Waals surface area contributed by atoms with Gasteiger partial charge >= 0.3 is 12.4 Å². The number of rotatable bonds is 1. The summed E-state index contributed by atoms with van der Waals surface area (Å²) in [6, 6.07) is 0. The normalized spacial score (nSPS) is 31.9. The molecule has 1 saturated carbocycles. The lowest BCUT2D eigenvalue weighted by Gasteiger charge is -2.39. The Morgan fingerprint density at radius 3 is 1.76 bits per heavy atom. The molecule has 0 N–H and O–H groups in total. The van der Waals surface area contributed by atoms with Crippen LogP contribution >= 0.6 is 0 Å². The second-order valence-electron chi connectivity index (χ2n) is 5.11. The summed E-state index contributed by atoms with van der Waals surface area (Å²) in [7, 11) is 0. The highest BCUT2D eigenvalue weighted by Gasteiger charge is 2.52. The summed E-state index contributed by atoms with van der Waals surface area (Å²) in [6.45, 7) is 3.12. The Balaban J connectivity index is 2.82. The lowest BCUT2D eigenvalue weighted by atomic mass is 9.69. The van der Waals surface area contributed by atoms with E-state index in [1.807, 2.05) is 0 Å². The molecule has 0 aliphatic heterocycles. The molecule has 1 aliphatic rings. The van der Waals surface area contributed by atoms with Crippen LogP contribution in [0.25, 0.3) is 0 Å². The molecule has 0 radical (unpaired) electrons. The third-order valence-corrected chi connectivity index (χ3v) is 3.64. The van der Waals surface area contributed by atoms with Crippen LogP contribution in [0.1, 0.15) is 33.1 Å². The van der Waals surface area contributed by atoms with Gasteiger partial charge in [-0.25, -0.2) is 0 Å². The largest absolute Gasteiger partial charge is 0.392 e. The first kappa shape index (κ1) is 14.6. The first-order valence-electron chi connectivity index (χ1n) is 5.67. The van der Waals surface area contributed by atoms with Crippen LogP contribution in [0.15, 0.2) is 0 Å². The molecule has 0 spiro atoms. The number of hydrogen-bond donors (Lipinski definition) is 0. The van der Waals surface area contributed by atoms with Gasteiger partial charge in [0.1, 0.15) is 0 Å². The van der Waals surface area contributed by atoms with Crippen molar-refractivity contribution in [2.24, 2.45) is 23.7 Å². The Kier molecular flexibility index (Phi) is 4.04. The van der Waals surface area contributed by atoms with E-state index in [4.69, 9.17) is 0 Å². The van der Waals surface area contributed by atoms with Crippen molar-refractivity contribution in [1.82, 2.24) is 0 Å². The van der Waals surface area contributed by atoms with Gasteiger partial charge in [-0.3, -0.25) is 0 Å². The first-order chi connectivity index (χ1) is 7.53. The van der Waals surface area contributed by atoms with Crippen molar-refractivity contribution < 1.29 is 26.3 Å². The van der Waals surface area contributed by atoms with Gasteiger partial charge in [0.25, 0.3) is 0 Å². The minimum Gasteiger partial charge on any atom is -0.171 e. The minimum absolute atomic E-state index is 0.383. The SMILES string of the molecule is CC(C)C1CC(C(F)(F)F)CCC1C(F)(F)F. The molecule has 6 heteroatoms. The molecule has 0 nitrogen and oxygen atoms in total. The molecule has 0 amide bonds. The first-order valence-corrected chi connectivity index (χ1v) is 5.67. The van der Waals surface area contributed by atoms with Gasteiger partial charge in [-0.1, -0.05) is 13.8 Å². The maximum absolute atomic E-state index is 12.7. The molecule has 1 fully saturated rings. The summed E-state index contributed by atoms with van der Waals surface area (Å²) >= 11 is 0. The average Bonchev–Trinajstić information content (AvgIpc) is 2.14. The van der Waals surface area contributed by atoms with Crippen LogP contribution in [-0.4, -0.2) is 12.4 Å². The summed E-state index contributed by atoms with van der Waals surface area (Å²) in [4.78, 5) is 0. The third-order valence-electron chi connectivity index (χ3n) is 3.64. The van der Waals surface area contributed by atoms with Crippen molar-refractivity contribution in [3.8, 4) is 0 Å². The molecule has 102 valence electrons. The highest BCUT2D eigenvalue weighted by atomic mass is 19.4. The van der Waals surface area contributed by atoms with Crippen LogP contribution in [0.2, 0.25) is 0 Å². The second kappa shape index (κ2) is 4.69. The van der Waals surface area contributed by atoms with Crippen molar-refractivity contribution in [2.45, 2.75) is 45.5 Å². The van der Waals surface area contributed by atoms with Crippen LogP contribution in [-0.2, 0) is 0 Å². The monoisotopic (exact) mass is 262 g/mol. The third kappa shape index (κ3) is 3.52. The van der Waals surface area contributed by atoms with Crippen molar-refractivity contribution in [3.05, 3.63) is 0 Å². The van der Waals surface area contributed by atoms with E-state index in [0.29, 0.717) is 0 Å². The van der Waals surface area contributed by atoms with Crippen LogP contribution < -0.4 is 0 Å². The van der Waals surface area contributed by atoms with Gasteiger partial charge in [-0.05, 0) is 31.1 Å².